The average Bonchev–Trinajstić information content (AvgIpc) is 2.77. The highest BCUT2D eigenvalue weighted by atomic mass is 16.3. The second-order valence-electron chi connectivity index (χ2n) is 9.11. The lowest BCUT2D eigenvalue weighted by Gasteiger charge is -2.22. The van der Waals surface area contributed by atoms with Gasteiger partial charge in [0.05, 0.1) is 18.8 Å². The molecule has 0 bridgehead atoms. The smallest absolute Gasteiger partial charge is 0.220 e. The maximum Gasteiger partial charge on any atom is 0.220 e. The van der Waals surface area contributed by atoms with E-state index in [4.69, 9.17) is 0 Å². The molecule has 4 heteroatoms. The maximum absolute atomic E-state index is 12.1. The highest BCUT2D eigenvalue weighted by molar-refractivity contribution is 5.76. The number of unbranched alkanes of at least 4 members (excludes halogenated alkanes) is 14. The lowest BCUT2D eigenvalue weighted by Crippen LogP contribution is -2.45. The highest BCUT2D eigenvalue weighted by Crippen LogP contribution is 2.11. The Bertz CT molecular complexity index is 411. The van der Waals surface area contributed by atoms with E-state index >= 15 is 0 Å². The molecule has 0 rings (SSSR count). The Morgan fingerprint density at radius 3 is 1.77 bits per heavy atom. The van der Waals surface area contributed by atoms with Crippen molar-refractivity contribution in [2.75, 3.05) is 6.61 Å². The Kier molecular flexibility index (Phi) is 23.1. The molecule has 0 spiro atoms. The average molecular weight is 440 g/mol. The fraction of sp³-hybridized carbons (Fsp3) is 0.889. The van der Waals surface area contributed by atoms with Crippen LogP contribution in [0.5, 0.6) is 0 Å². The number of rotatable bonds is 23. The van der Waals surface area contributed by atoms with Gasteiger partial charge in [0.25, 0.3) is 0 Å². The molecule has 0 aromatic rings. The van der Waals surface area contributed by atoms with E-state index in [-0.39, 0.29) is 12.5 Å². The van der Waals surface area contributed by atoms with E-state index in [0.717, 1.165) is 32.1 Å². The molecule has 2 atom stereocenters. The molecule has 0 radical (unpaired) electrons. The summed E-state index contributed by atoms with van der Waals surface area (Å²) in [5.41, 5.74) is 0. The van der Waals surface area contributed by atoms with Gasteiger partial charge in [-0.05, 0) is 38.5 Å². The van der Waals surface area contributed by atoms with Crippen LogP contribution in [-0.2, 0) is 4.79 Å². The van der Waals surface area contributed by atoms with E-state index in [1.165, 1.54) is 77.0 Å². The second-order valence-corrected chi connectivity index (χ2v) is 9.11. The summed E-state index contributed by atoms with van der Waals surface area (Å²) in [5, 5.41) is 22.3. The number of allylic oxidation sites excluding steroid dienone is 2. The molecule has 0 aliphatic carbocycles. The van der Waals surface area contributed by atoms with Crippen molar-refractivity contribution >= 4 is 5.91 Å². The quantitative estimate of drug-likeness (QED) is 0.121. The molecule has 0 aromatic heterocycles. The minimum atomic E-state index is -0.653. The minimum absolute atomic E-state index is 0.0538. The van der Waals surface area contributed by atoms with Crippen LogP contribution in [0.4, 0.5) is 0 Å². The first-order valence-corrected chi connectivity index (χ1v) is 13.4. The number of aliphatic hydroxyl groups excluding tert-OH is 2. The van der Waals surface area contributed by atoms with Crippen LogP contribution in [0.25, 0.3) is 0 Å². The molecule has 3 N–H and O–H groups in total. The van der Waals surface area contributed by atoms with Gasteiger partial charge in [0.1, 0.15) is 0 Å². The fourth-order valence-corrected chi connectivity index (χ4v) is 3.88. The molecule has 0 saturated carbocycles. The van der Waals surface area contributed by atoms with Crippen molar-refractivity contribution in [3.8, 4) is 0 Å². The SMILES string of the molecule is CCCCCCCCC/C=C\CCCCCCCC(=O)NC(CO)C(O)CCCCC. The standard InChI is InChI=1S/C27H53NO3/c1-3-5-7-8-9-10-11-12-13-14-15-16-17-18-19-21-23-27(31)28-25(24-29)26(30)22-20-6-4-2/h13-14,25-26,29-30H,3-12,15-24H2,1-2H3,(H,28,31)/b14-13-. The maximum atomic E-state index is 12.1. The molecule has 0 aliphatic heterocycles. The van der Waals surface area contributed by atoms with Crippen molar-refractivity contribution in [2.45, 2.75) is 148 Å². The lowest BCUT2D eigenvalue weighted by molar-refractivity contribution is -0.123. The van der Waals surface area contributed by atoms with Crippen molar-refractivity contribution in [2.24, 2.45) is 0 Å². The minimum Gasteiger partial charge on any atom is -0.394 e. The number of hydrogen-bond acceptors (Lipinski definition) is 3. The molecule has 2 unspecified atom stereocenters. The van der Waals surface area contributed by atoms with Gasteiger partial charge in [0, 0.05) is 6.42 Å². The zero-order valence-corrected chi connectivity index (χ0v) is 20.8. The molecule has 0 saturated heterocycles. The van der Waals surface area contributed by atoms with Crippen LogP contribution in [-0.4, -0.2) is 34.9 Å². The number of aliphatic hydroxyl groups is 2. The zero-order valence-electron chi connectivity index (χ0n) is 20.8. The molecule has 4 nitrogen and oxygen atoms in total. The van der Waals surface area contributed by atoms with Crippen LogP contribution < -0.4 is 5.32 Å². The van der Waals surface area contributed by atoms with E-state index in [1.54, 1.807) is 0 Å². The van der Waals surface area contributed by atoms with Crippen LogP contribution >= 0.6 is 0 Å². The molecule has 31 heavy (non-hydrogen) atoms. The summed E-state index contributed by atoms with van der Waals surface area (Å²) in [4.78, 5) is 12.1. The summed E-state index contributed by atoms with van der Waals surface area (Å²) in [6, 6.07) is -0.530. The van der Waals surface area contributed by atoms with Crippen LogP contribution in [0.2, 0.25) is 0 Å². The van der Waals surface area contributed by atoms with E-state index in [1.807, 2.05) is 0 Å². The summed E-state index contributed by atoms with van der Waals surface area (Å²) in [6.45, 7) is 4.18. The summed E-state index contributed by atoms with van der Waals surface area (Å²) in [7, 11) is 0. The van der Waals surface area contributed by atoms with Gasteiger partial charge in [0.2, 0.25) is 5.91 Å². The fourth-order valence-electron chi connectivity index (χ4n) is 3.88. The van der Waals surface area contributed by atoms with Gasteiger partial charge < -0.3 is 15.5 Å². The van der Waals surface area contributed by atoms with Gasteiger partial charge in [-0.1, -0.05) is 103 Å². The molecule has 0 aromatic carbocycles. The van der Waals surface area contributed by atoms with Crippen molar-refractivity contribution in [3.63, 3.8) is 0 Å². The third kappa shape index (κ3) is 20.8. The Morgan fingerprint density at radius 2 is 1.23 bits per heavy atom. The Labute approximate surface area is 193 Å². The van der Waals surface area contributed by atoms with Gasteiger partial charge in [-0.15, -0.1) is 0 Å². The molecular formula is C27H53NO3. The number of carbonyl (C=O) groups is 1. The largest absolute Gasteiger partial charge is 0.394 e. The number of hydrogen-bond donors (Lipinski definition) is 3. The number of nitrogens with one attached hydrogen (secondary N) is 1. The van der Waals surface area contributed by atoms with Crippen molar-refractivity contribution in [3.05, 3.63) is 12.2 Å². The van der Waals surface area contributed by atoms with E-state index in [0.29, 0.717) is 12.8 Å². The normalized spacial score (nSPS) is 13.5. The van der Waals surface area contributed by atoms with Gasteiger partial charge in [-0.25, -0.2) is 0 Å². The molecule has 1 amide bonds. The van der Waals surface area contributed by atoms with Crippen LogP contribution in [0.3, 0.4) is 0 Å². The third-order valence-electron chi connectivity index (χ3n) is 6.03. The molecule has 184 valence electrons. The van der Waals surface area contributed by atoms with Gasteiger partial charge in [-0.3, -0.25) is 4.79 Å². The van der Waals surface area contributed by atoms with Crippen LogP contribution in [0.1, 0.15) is 136 Å². The van der Waals surface area contributed by atoms with Crippen LogP contribution in [0.15, 0.2) is 12.2 Å². The summed E-state index contributed by atoms with van der Waals surface area (Å²) in [6.07, 6.45) is 25.8. The van der Waals surface area contributed by atoms with E-state index < -0.39 is 12.1 Å². The Morgan fingerprint density at radius 1 is 0.742 bits per heavy atom. The first kappa shape index (κ1) is 30.1. The van der Waals surface area contributed by atoms with E-state index in [2.05, 4.69) is 31.3 Å². The Hall–Kier alpha value is -0.870. The first-order valence-electron chi connectivity index (χ1n) is 13.4. The molecule has 0 heterocycles. The van der Waals surface area contributed by atoms with Gasteiger partial charge >= 0.3 is 0 Å². The second kappa shape index (κ2) is 23.8. The van der Waals surface area contributed by atoms with Gasteiger partial charge in [0.15, 0.2) is 0 Å². The Balaban J connectivity index is 3.51. The van der Waals surface area contributed by atoms with Crippen molar-refractivity contribution < 1.29 is 15.0 Å². The first-order chi connectivity index (χ1) is 15.2. The predicted octanol–water partition coefficient (Wildman–Crippen LogP) is 6.83. The topological polar surface area (TPSA) is 69.6 Å². The van der Waals surface area contributed by atoms with Gasteiger partial charge in [-0.2, -0.15) is 0 Å². The number of amides is 1. The highest BCUT2D eigenvalue weighted by Gasteiger charge is 2.19. The lowest BCUT2D eigenvalue weighted by atomic mass is 10.0. The van der Waals surface area contributed by atoms with Crippen LogP contribution in [0, 0.1) is 0 Å². The third-order valence-corrected chi connectivity index (χ3v) is 6.03. The monoisotopic (exact) mass is 439 g/mol. The molecular weight excluding hydrogens is 386 g/mol. The van der Waals surface area contributed by atoms with Crippen molar-refractivity contribution in [1.82, 2.24) is 5.32 Å². The summed E-state index contributed by atoms with van der Waals surface area (Å²) >= 11 is 0. The predicted molar refractivity (Wildman–Crippen MR) is 133 cm³/mol. The molecule has 0 fully saturated rings. The van der Waals surface area contributed by atoms with E-state index in [9.17, 15) is 15.0 Å². The summed E-state index contributed by atoms with van der Waals surface area (Å²) in [5.74, 6) is -0.0538. The zero-order chi connectivity index (χ0) is 23.0. The molecule has 0 aliphatic rings. The van der Waals surface area contributed by atoms with Crippen molar-refractivity contribution in [1.29, 1.82) is 0 Å². The summed E-state index contributed by atoms with van der Waals surface area (Å²) < 4.78 is 0. The number of carbonyl (C=O) groups excluding carboxylic acids is 1.